The van der Waals surface area contributed by atoms with Gasteiger partial charge in [-0.15, -0.1) is 5.10 Å². The minimum Gasteiger partial charge on any atom is -0.324 e. The molecule has 3 aromatic carbocycles. The molecule has 1 atom stereocenters. The molecule has 12 nitrogen and oxygen atoms in total. The van der Waals surface area contributed by atoms with Crippen LogP contribution in [0, 0.1) is 0 Å². The predicted octanol–water partition coefficient (Wildman–Crippen LogP) is 4.29. The molecule has 0 saturated carbocycles. The summed E-state index contributed by atoms with van der Waals surface area (Å²) in [7, 11) is 0. The molecular weight excluding hydrogens is 568 g/mol. The van der Waals surface area contributed by atoms with Gasteiger partial charge in [-0.05, 0) is 58.5 Å². The molecule has 7 rings (SSSR count). The third-order valence-corrected chi connectivity index (χ3v) is 7.54. The van der Waals surface area contributed by atoms with Gasteiger partial charge < -0.3 is 14.8 Å². The maximum absolute atomic E-state index is 13.9. The highest BCUT2D eigenvalue weighted by molar-refractivity contribution is 6.30. The molecule has 2 amide bonds. The van der Waals surface area contributed by atoms with Gasteiger partial charge in [0.1, 0.15) is 12.2 Å². The largest absolute Gasteiger partial charge is 0.324 e. The summed E-state index contributed by atoms with van der Waals surface area (Å²) in [4.78, 5) is 33.9. The molecule has 43 heavy (non-hydrogen) atoms. The lowest BCUT2D eigenvalue weighted by Gasteiger charge is -2.35. The van der Waals surface area contributed by atoms with Crippen LogP contribution >= 0.6 is 11.6 Å². The highest BCUT2D eigenvalue weighted by atomic mass is 35.5. The number of aromatic nitrogens is 8. The van der Waals surface area contributed by atoms with E-state index in [0.717, 1.165) is 22.2 Å². The second-order valence-corrected chi connectivity index (χ2v) is 10.3. The molecule has 13 heteroatoms. The maximum atomic E-state index is 13.9. The fraction of sp³-hybridized carbons (Fsp3) is 0.100. The lowest BCUT2D eigenvalue weighted by Crippen LogP contribution is -2.46. The van der Waals surface area contributed by atoms with Crippen molar-refractivity contribution >= 4 is 46.1 Å². The van der Waals surface area contributed by atoms with E-state index < -0.39 is 6.04 Å². The summed E-state index contributed by atoms with van der Waals surface area (Å²) < 4.78 is 3.48. The van der Waals surface area contributed by atoms with Crippen LogP contribution in [0.2, 0.25) is 5.02 Å². The minimum absolute atomic E-state index is 0.291. The molecule has 0 aliphatic carbocycles. The van der Waals surface area contributed by atoms with E-state index in [0.29, 0.717) is 40.9 Å². The maximum Gasteiger partial charge on any atom is 0.255 e. The second kappa shape index (κ2) is 11.0. The summed E-state index contributed by atoms with van der Waals surface area (Å²) in [6.45, 7) is 0.759. The molecule has 0 bridgehead atoms. The number of nitrogens with zero attached hydrogens (tertiary/aromatic N) is 8. The van der Waals surface area contributed by atoms with Gasteiger partial charge in [0.05, 0.1) is 29.3 Å². The number of benzene rings is 3. The van der Waals surface area contributed by atoms with Gasteiger partial charge in [0, 0.05) is 40.8 Å². The number of rotatable bonds is 6. The summed E-state index contributed by atoms with van der Waals surface area (Å²) >= 11 is 6.26. The molecular formula is C30H23ClN10O2. The Morgan fingerprint density at radius 1 is 1.02 bits per heavy atom. The Hall–Kier alpha value is -5.62. The van der Waals surface area contributed by atoms with Crippen molar-refractivity contribution in [3.63, 3.8) is 0 Å². The molecule has 0 saturated heterocycles. The predicted molar refractivity (Wildman–Crippen MR) is 160 cm³/mol. The molecule has 1 aliphatic heterocycles. The van der Waals surface area contributed by atoms with Gasteiger partial charge in [-0.3, -0.25) is 14.7 Å². The van der Waals surface area contributed by atoms with E-state index in [-0.39, 0.29) is 11.8 Å². The van der Waals surface area contributed by atoms with E-state index in [4.69, 9.17) is 11.6 Å². The summed E-state index contributed by atoms with van der Waals surface area (Å²) in [5.74, 6) is -0.268. The summed E-state index contributed by atoms with van der Waals surface area (Å²) in [6, 6.07) is 19.5. The van der Waals surface area contributed by atoms with Crippen molar-refractivity contribution in [1.29, 1.82) is 0 Å². The van der Waals surface area contributed by atoms with Crippen molar-refractivity contribution in [2.75, 3.05) is 11.9 Å². The highest BCUT2D eigenvalue weighted by Gasteiger charge is 2.38. The van der Waals surface area contributed by atoms with Gasteiger partial charge in [-0.2, -0.15) is 9.78 Å². The van der Waals surface area contributed by atoms with Crippen LogP contribution in [0.1, 0.15) is 17.4 Å². The number of nitrogens with one attached hydrogen (secondary N) is 2. The van der Waals surface area contributed by atoms with Crippen molar-refractivity contribution in [2.45, 2.75) is 12.6 Å². The van der Waals surface area contributed by atoms with Crippen LogP contribution in [-0.4, -0.2) is 63.2 Å². The fourth-order valence-electron chi connectivity index (χ4n) is 5.28. The number of H-pyrrole nitrogens is 1. The summed E-state index contributed by atoms with van der Waals surface area (Å²) in [5, 5.41) is 22.7. The minimum atomic E-state index is -0.987. The van der Waals surface area contributed by atoms with Gasteiger partial charge >= 0.3 is 0 Å². The first-order chi connectivity index (χ1) is 21.0. The van der Waals surface area contributed by atoms with Gasteiger partial charge in [0.15, 0.2) is 6.04 Å². The Kier molecular flexibility index (Phi) is 6.72. The number of imidazole rings is 1. The zero-order valence-electron chi connectivity index (χ0n) is 22.5. The van der Waals surface area contributed by atoms with Crippen LogP contribution in [0.4, 0.5) is 5.69 Å². The first-order valence-corrected chi connectivity index (χ1v) is 13.8. The molecule has 2 N–H and O–H groups in total. The van der Waals surface area contributed by atoms with Gasteiger partial charge in [0.25, 0.3) is 5.91 Å². The fourth-order valence-corrected chi connectivity index (χ4v) is 5.46. The number of carbonyl (C=O) groups is 2. The van der Waals surface area contributed by atoms with Gasteiger partial charge in [-0.1, -0.05) is 41.9 Å². The van der Waals surface area contributed by atoms with Crippen LogP contribution < -0.4 is 5.32 Å². The number of anilines is 1. The lowest BCUT2D eigenvalue weighted by atomic mass is 10.1. The first-order valence-electron chi connectivity index (χ1n) is 13.4. The molecule has 212 valence electrons. The average molecular weight is 591 g/mol. The lowest BCUT2D eigenvalue weighted by molar-refractivity contribution is -0.136. The van der Waals surface area contributed by atoms with E-state index in [2.05, 4.69) is 36.0 Å². The normalized spacial score (nSPS) is 14.7. The Bertz CT molecular complexity index is 1980. The Morgan fingerprint density at radius 3 is 2.74 bits per heavy atom. The van der Waals surface area contributed by atoms with Crippen LogP contribution in [0.15, 0.2) is 91.5 Å². The van der Waals surface area contributed by atoms with Crippen molar-refractivity contribution in [1.82, 2.24) is 44.9 Å². The van der Waals surface area contributed by atoms with Crippen molar-refractivity contribution < 1.29 is 9.59 Å². The number of aromatic amines is 1. The average Bonchev–Trinajstić information content (AvgIpc) is 3.81. The van der Waals surface area contributed by atoms with E-state index in [1.807, 2.05) is 41.0 Å². The van der Waals surface area contributed by atoms with Crippen molar-refractivity contribution in [3.8, 4) is 16.9 Å². The third-order valence-electron chi connectivity index (χ3n) is 7.31. The topological polar surface area (TPSA) is 140 Å². The van der Waals surface area contributed by atoms with Crippen molar-refractivity contribution in [3.05, 3.63) is 108 Å². The van der Waals surface area contributed by atoms with Crippen LogP contribution in [0.3, 0.4) is 0 Å². The molecule has 4 heterocycles. The van der Waals surface area contributed by atoms with E-state index in [9.17, 15) is 9.59 Å². The number of carbonyl (C=O) groups excluding carboxylic acids is 2. The Labute approximate surface area is 249 Å². The molecule has 0 fully saturated rings. The SMILES string of the molecule is O=C(Nc1ccc2cn[nH]c2c1)C1c2ncc(-c3ccccc3)n2CCN1C(=O)C=Cc1cc(Cl)ccc1-n1cnnn1. The molecule has 0 spiro atoms. The molecule has 1 unspecified atom stereocenters. The smallest absolute Gasteiger partial charge is 0.255 e. The number of amides is 2. The van der Waals surface area contributed by atoms with Gasteiger partial charge in [0.2, 0.25) is 5.91 Å². The second-order valence-electron chi connectivity index (χ2n) is 9.91. The van der Waals surface area contributed by atoms with Gasteiger partial charge in [-0.25, -0.2) is 4.98 Å². The van der Waals surface area contributed by atoms with E-state index >= 15 is 0 Å². The third kappa shape index (κ3) is 5.04. The van der Waals surface area contributed by atoms with Crippen molar-refractivity contribution in [2.24, 2.45) is 0 Å². The monoisotopic (exact) mass is 590 g/mol. The van der Waals surface area contributed by atoms with Crippen LogP contribution in [0.5, 0.6) is 0 Å². The summed E-state index contributed by atoms with van der Waals surface area (Å²) in [6.07, 6.45) is 7.98. The molecule has 0 radical (unpaired) electrons. The number of hydrogen-bond acceptors (Lipinski definition) is 7. The number of halogens is 1. The molecule has 1 aliphatic rings. The molecule has 6 aromatic rings. The van der Waals surface area contributed by atoms with Crippen LogP contribution in [0.25, 0.3) is 33.9 Å². The molecule has 3 aromatic heterocycles. The van der Waals surface area contributed by atoms with E-state index in [1.54, 1.807) is 48.8 Å². The standard InChI is InChI=1S/C30H23ClN10O2/c31-22-8-10-25(41-18-34-37-38-41)20(14-22)7-11-27(42)40-13-12-39-26(19-4-2-1-3-5-19)17-32-29(39)28(40)30(43)35-23-9-6-21-16-33-36-24(21)15-23/h1-11,14-18,28H,12-13H2,(H,33,36)(H,35,43). The van der Waals surface area contributed by atoms with Crippen LogP contribution in [-0.2, 0) is 16.1 Å². The number of hydrogen-bond donors (Lipinski definition) is 2. The Morgan fingerprint density at radius 2 is 1.91 bits per heavy atom. The highest BCUT2D eigenvalue weighted by Crippen LogP contribution is 2.32. The van der Waals surface area contributed by atoms with E-state index in [1.165, 1.54) is 22.0 Å². The zero-order chi connectivity index (χ0) is 29.3. The first kappa shape index (κ1) is 26.3. The quantitative estimate of drug-likeness (QED) is 0.276. The number of fused-ring (bicyclic) bond motifs is 2. The Balaban J connectivity index is 1.23. The zero-order valence-corrected chi connectivity index (χ0v) is 23.3. The summed E-state index contributed by atoms with van der Waals surface area (Å²) in [5.41, 5.74) is 4.48. The number of tetrazole rings is 1.